The van der Waals surface area contributed by atoms with Crippen molar-refractivity contribution in [2.45, 2.75) is 44.8 Å². The van der Waals surface area contributed by atoms with Crippen molar-refractivity contribution in [3.63, 3.8) is 0 Å². The highest BCUT2D eigenvalue weighted by molar-refractivity contribution is 5.36. The summed E-state index contributed by atoms with van der Waals surface area (Å²) in [6, 6.07) is 4.06. The maximum absolute atomic E-state index is 5.91. The van der Waals surface area contributed by atoms with E-state index in [1.54, 1.807) is 0 Å². The predicted octanol–water partition coefficient (Wildman–Crippen LogP) is 2.97. The minimum absolute atomic E-state index is 0.472. The Morgan fingerprint density at radius 2 is 2.19 bits per heavy atom. The van der Waals surface area contributed by atoms with Crippen LogP contribution in [0.25, 0.3) is 0 Å². The molecule has 1 aromatic rings. The van der Waals surface area contributed by atoms with Crippen LogP contribution in [0, 0.1) is 0 Å². The van der Waals surface area contributed by atoms with Crippen molar-refractivity contribution in [1.82, 2.24) is 4.98 Å². The highest BCUT2D eigenvalue weighted by Gasteiger charge is 2.13. The minimum Gasteiger partial charge on any atom is -0.374 e. The molecule has 1 aromatic heterocycles. The fourth-order valence-corrected chi connectivity index (χ4v) is 2.15. The zero-order valence-electron chi connectivity index (χ0n) is 9.91. The molecule has 1 fully saturated rings. The third-order valence-electron chi connectivity index (χ3n) is 3.12. The normalized spacial score (nSPS) is 17.3. The van der Waals surface area contributed by atoms with Gasteiger partial charge in [-0.1, -0.05) is 19.3 Å². The van der Waals surface area contributed by atoms with Crippen molar-refractivity contribution in [2.24, 2.45) is 0 Å². The SMILES string of the molecule is CNc1cc(COC2CCCCC2)ccn1. The molecule has 0 saturated heterocycles. The number of hydrogen-bond donors (Lipinski definition) is 1. The van der Waals surface area contributed by atoms with Crippen molar-refractivity contribution in [3.05, 3.63) is 23.9 Å². The van der Waals surface area contributed by atoms with Gasteiger partial charge in [0.25, 0.3) is 0 Å². The predicted molar refractivity (Wildman–Crippen MR) is 65.4 cm³/mol. The molecule has 1 saturated carbocycles. The maximum Gasteiger partial charge on any atom is 0.125 e. The van der Waals surface area contributed by atoms with Crippen molar-refractivity contribution < 1.29 is 4.74 Å². The highest BCUT2D eigenvalue weighted by Crippen LogP contribution is 2.21. The van der Waals surface area contributed by atoms with E-state index in [4.69, 9.17) is 4.74 Å². The number of hydrogen-bond acceptors (Lipinski definition) is 3. The van der Waals surface area contributed by atoms with Gasteiger partial charge in [0.15, 0.2) is 0 Å². The average molecular weight is 220 g/mol. The van der Waals surface area contributed by atoms with E-state index in [-0.39, 0.29) is 0 Å². The van der Waals surface area contributed by atoms with Crippen LogP contribution in [-0.4, -0.2) is 18.1 Å². The third kappa shape index (κ3) is 3.20. The third-order valence-corrected chi connectivity index (χ3v) is 3.12. The van der Waals surface area contributed by atoms with Crippen molar-refractivity contribution >= 4 is 5.82 Å². The monoisotopic (exact) mass is 220 g/mol. The van der Waals surface area contributed by atoms with E-state index in [9.17, 15) is 0 Å². The lowest BCUT2D eigenvalue weighted by Gasteiger charge is -2.22. The van der Waals surface area contributed by atoms with Crippen LogP contribution in [0.2, 0.25) is 0 Å². The number of ether oxygens (including phenoxy) is 1. The van der Waals surface area contributed by atoms with Gasteiger partial charge in [-0.25, -0.2) is 4.98 Å². The van der Waals surface area contributed by atoms with Crippen molar-refractivity contribution in [3.8, 4) is 0 Å². The molecular formula is C13H20N2O. The molecule has 1 heterocycles. The Morgan fingerprint density at radius 1 is 1.38 bits per heavy atom. The molecule has 2 rings (SSSR count). The van der Waals surface area contributed by atoms with Gasteiger partial charge in [-0.3, -0.25) is 0 Å². The van der Waals surface area contributed by atoms with Crippen molar-refractivity contribution in [2.75, 3.05) is 12.4 Å². The summed E-state index contributed by atoms with van der Waals surface area (Å²) in [6.45, 7) is 0.710. The molecule has 3 nitrogen and oxygen atoms in total. The zero-order chi connectivity index (χ0) is 11.2. The molecular weight excluding hydrogens is 200 g/mol. The Hall–Kier alpha value is -1.09. The Bertz CT molecular complexity index is 321. The quantitative estimate of drug-likeness (QED) is 0.847. The zero-order valence-corrected chi connectivity index (χ0v) is 9.91. The summed E-state index contributed by atoms with van der Waals surface area (Å²) < 4.78 is 5.91. The number of pyridine rings is 1. The van der Waals surface area contributed by atoms with Gasteiger partial charge < -0.3 is 10.1 Å². The van der Waals surface area contributed by atoms with Gasteiger partial charge in [0, 0.05) is 13.2 Å². The Labute approximate surface area is 97.2 Å². The minimum atomic E-state index is 0.472. The number of rotatable bonds is 4. The average Bonchev–Trinajstić information content (AvgIpc) is 2.38. The summed E-state index contributed by atoms with van der Waals surface area (Å²) in [6.07, 6.45) is 8.77. The second-order valence-electron chi connectivity index (χ2n) is 4.37. The summed E-state index contributed by atoms with van der Waals surface area (Å²) >= 11 is 0. The second kappa shape index (κ2) is 5.85. The van der Waals surface area contributed by atoms with Gasteiger partial charge in [-0.15, -0.1) is 0 Å². The first-order chi connectivity index (χ1) is 7.88. The maximum atomic E-state index is 5.91. The van der Waals surface area contributed by atoms with Crippen LogP contribution in [0.4, 0.5) is 5.82 Å². The molecule has 16 heavy (non-hydrogen) atoms. The van der Waals surface area contributed by atoms with Crippen LogP contribution >= 0.6 is 0 Å². The number of nitrogens with one attached hydrogen (secondary N) is 1. The summed E-state index contributed by atoms with van der Waals surface area (Å²) in [5.41, 5.74) is 1.20. The first kappa shape index (κ1) is 11.4. The van der Waals surface area contributed by atoms with Crippen LogP contribution in [0.3, 0.4) is 0 Å². The summed E-state index contributed by atoms with van der Waals surface area (Å²) in [7, 11) is 1.88. The molecule has 1 N–H and O–H groups in total. The van der Waals surface area contributed by atoms with Gasteiger partial charge in [0.1, 0.15) is 5.82 Å². The van der Waals surface area contributed by atoms with Crippen LogP contribution < -0.4 is 5.32 Å². The highest BCUT2D eigenvalue weighted by atomic mass is 16.5. The molecule has 3 heteroatoms. The molecule has 0 bridgehead atoms. The van der Waals surface area contributed by atoms with Gasteiger partial charge >= 0.3 is 0 Å². The first-order valence-corrected chi connectivity index (χ1v) is 6.13. The van der Waals surface area contributed by atoms with Gasteiger partial charge in [-0.05, 0) is 30.5 Å². The van der Waals surface area contributed by atoms with E-state index < -0.39 is 0 Å². The number of aromatic nitrogens is 1. The number of anilines is 1. The first-order valence-electron chi connectivity index (χ1n) is 6.13. The van der Waals surface area contributed by atoms with Crippen LogP contribution in [0.1, 0.15) is 37.7 Å². The molecule has 1 aliphatic carbocycles. The largest absolute Gasteiger partial charge is 0.374 e. The molecule has 0 aromatic carbocycles. The molecule has 0 amide bonds. The van der Waals surface area contributed by atoms with E-state index in [0.717, 1.165) is 5.82 Å². The molecule has 0 atom stereocenters. The van der Waals surface area contributed by atoms with Crippen LogP contribution in [0.5, 0.6) is 0 Å². The Morgan fingerprint density at radius 3 is 2.94 bits per heavy atom. The molecule has 0 aliphatic heterocycles. The molecule has 0 spiro atoms. The Balaban J connectivity index is 1.83. The van der Waals surface area contributed by atoms with E-state index >= 15 is 0 Å². The molecule has 1 aliphatic rings. The summed E-state index contributed by atoms with van der Waals surface area (Å²) in [5, 5.41) is 3.04. The topological polar surface area (TPSA) is 34.1 Å². The van der Waals surface area contributed by atoms with Crippen LogP contribution in [0.15, 0.2) is 18.3 Å². The second-order valence-corrected chi connectivity index (χ2v) is 4.37. The van der Waals surface area contributed by atoms with Gasteiger partial charge in [0.2, 0.25) is 0 Å². The lowest BCUT2D eigenvalue weighted by Crippen LogP contribution is -2.16. The Kier molecular flexibility index (Phi) is 4.17. The lowest BCUT2D eigenvalue weighted by molar-refractivity contribution is 0.0168. The van der Waals surface area contributed by atoms with Crippen molar-refractivity contribution in [1.29, 1.82) is 0 Å². The van der Waals surface area contributed by atoms with Gasteiger partial charge in [0.05, 0.1) is 12.7 Å². The van der Waals surface area contributed by atoms with Gasteiger partial charge in [-0.2, -0.15) is 0 Å². The van der Waals surface area contributed by atoms with Crippen LogP contribution in [-0.2, 0) is 11.3 Å². The summed E-state index contributed by atoms with van der Waals surface area (Å²) in [4.78, 5) is 4.19. The number of nitrogens with zero attached hydrogens (tertiary/aromatic N) is 1. The lowest BCUT2D eigenvalue weighted by atomic mass is 9.98. The fraction of sp³-hybridized carbons (Fsp3) is 0.615. The molecule has 0 radical (unpaired) electrons. The van der Waals surface area contributed by atoms with E-state index in [0.29, 0.717) is 12.7 Å². The van der Waals surface area contributed by atoms with E-state index in [1.807, 2.05) is 25.4 Å². The molecule has 0 unspecified atom stereocenters. The van der Waals surface area contributed by atoms with E-state index in [2.05, 4.69) is 10.3 Å². The van der Waals surface area contributed by atoms with E-state index in [1.165, 1.54) is 37.7 Å². The smallest absolute Gasteiger partial charge is 0.125 e. The molecule has 88 valence electrons. The standard InChI is InChI=1S/C13H20N2O/c1-14-13-9-11(7-8-15-13)10-16-12-5-3-2-4-6-12/h7-9,12H,2-6,10H2,1H3,(H,14,15). The fourth-order valence-electron chi connectivity index (χ4n) is 2.15. The summed E-state index contributed by atoms with van der Waals surface area (Å²) in [5.74, 6) is 0.907.